The maximum absolute atomic E-state index is 13.1. The lowest BCUT2D eigenvalue weighted by Gasteiger charge is -2.21. The topological polar surface area (TPSA) is 63.1 Å². The van der Waals surface area contributed by atoms with Crippen LogP contribution in [0, 0.1) is 6.92 Å². The fourth-order valence-electron chi connectivity index (χ4n) is 4.06. The molecule has 1 atom stereocenters. The molecule has 2 aromatic carbocycles. The van der Waals surface area contributed by atoms with Gasteiger partial charge in [0.15, 0.2) is 11.0 Å². The van der Waals surface area contributed by atoms with Crippen LogP contribution in [-0.4, -0.2) is 39.0 Å². The number of aryl methyl sites for hydroxylation is 1. The summed E-state index contributed by atoms with van der Waals surface area (Å²) in [6.07, 6.45) is 0. The van der Waals surface area contributed by atoms with E-state index in [9.17, 15) is 4.79 Å². The van der Waals surface area contributed by atoms with Crippen LogP contribution in [0.5, 0.6) is 0 Å². The molecule has 0 fully saturated rings. The van der Waals surface area contributed by atoms with Gasteiger partial charge in [0.05, 0.1) is 5.25 Å². The molecule has 0 spiro atoms. The van der Waals surface area contributed by atoms with Crippen molar-refractivity contribution in [2.75, 3.05) is 23.3 Å². The number of hydrogen-bond acceptors (Lipinski definition) is 5. The van der Waals surface area contributed by atoms with Gasteiger partial charge < -0.3 is 14.8 Å². The second-order valence-electron chi connectivity index (χ2n) is 8.71. The molecule has 1 unspecified atom stereocenters. The van der Waals surface area contributed by atoms with Crippen molar-refractivity contribution in [3.05, 3.63) is 53.6 Å². The molecule has 182 valence electrons. The molecule has 0 aliphatic carbocycles. The molecule has 3 aromatic rings. The van der Waals surface area contributed by atoms with E-state index in [4.69, 9.17) is 0 Å². The number of amides is 1. The molecule has 1 aromatic heterocycles. The van der Waals surface area contributed by atoms with Crippen LogP contribution in [0.3, 0.4) is 0 Å². The van der Waals surface area contributed by atoms with E-state index in [1.807, 2.05) is 26.0 Å². The summed E-state index contributed by atoms with van der Waals surface area (Å²) in [5, 5.41) is 12.5. The minimum absolute atomic E-state index is 0.0306. The fourth-order valence-corrected chi connectivity index (χ4v) is 4.98. The number of rotatable bonds is 10. The molecule has 0 bridgehead atoms. The number of thioether (sulfide) groups is 1. The van der Waals surface area contributed by atoms with E-state index in [0.29, 0.717) is 5.92 Å². The number of carbonyl (C=O) groups is 1. The highest BCUT2D eigenvalue weighted by atomic mass is 32.2. The number of para-hydroxylation sites is 1. The average molecular weight is 480 g/mol. The van der Waals surface area contributed by atoms with Gasteiger partial charge in [-0.1, -0.05) is 43.8 Å². The monoisotopic (exact) mass is 479 g/mol. The molecule has 1 amide bonds. The van der Waals surface area contributed by atoms with E-state index in [1.54, 1.807) is 0 Å². The molecule has 0 radical (unpaired) electrons. The maximum atomic E-state index is 13.1. The van der Waals surface area contributed by atoms with Crippen LogP contribution in [0.2, 0.25) is 0 Å². The molecule has 1 N–H and O–H groups in total. The van der Waals surface area contributed by atoms with Crippen LogP contribution < -0.4 is 10.2 Å². The summed E-state index contributed by atoms with van der Waals surface area (Å²) >= 11 is 1.44. The predicted octanol–water partition coefficient (Wildman–Crippen LogP) is 6.36. The first kappa shape index (κ1) is 25.8. The van der Waals surface area contributed by atoms with Crippen molar-refractivity contribution in [2.45, 2.75) is 71.3 Å². The molecule has 0 aliphatic heterocycles. The van der Waals surface area contributed by atoms with Gasteiger partial charge in [-0.15, -0.1) is 10.2 Å². The number of carbonyl (C=O) groups excluding carboxylic acids is 1. The molecule has 0 aliphatic rings. The minimum Gasteiger partial charge on any atom is -0.372 e. The number of hydrogen-bond donors (Lipinski definition) is 1. The largest absolute Gasteiger partial charge is 0.372 e. The number of aromatic nitrogens is 3. The van der Waals surface area contributed by atoms with E-state index < -0.39 is 0 Å². The van der Waals surface area contributed by atoms with Gasteiger partial charge in [-0.2, -0.15) is 0 Å². The highest BCUT2D eigenvalue weighted by molar-refractivity contribution is 8.00. The van der Waals surface area contributed by atoms with E-state index in [2.05, 4.69) is 89.9 Å². The number of benzene rings is 2. The first-order chi connectivity index (χ1) is 16.3. The molecule has 34 heavy (non-hydrogen) atoms. The minimum atomic E-state index is -0.313. The molecule has 1 heterocycles. The van der Waals surface area contributed by atoms with Crippen molar-refractivity contribution < 1.29 is 4.79 Å². The molecular formula is C27H37N5OS. The van der Waals surface area contributed by atoms with E-state index in [1.165, 1.54) is 17.4 Å². The smallest absolute Gasteiger partial charge is 0.237 e. The molecule has 3 rings (SSSR count). The third-order valence-electron chi connectivity index (χ3n) is 6.11. The lowest BCUT2D eigenvalue weighted by molar-refractivity contribution is -0.115. The standard InChI is InChI=1S/C27H37N5OS/c1-8-31(9-2)22-16-14-21(15-17-22)25-29-30-27(32(25)10-3)34-20(7)26(33)28-24-19(6)12-11-13-23(24)18(4)5/h11-18,20H,8-10H2,1-7H3,(H,28,33). The summed E-state index contributed by atoms with van der Waals surface area (Å²) in [5.74, 6) is 1.12. The quantitative estimate of drug-likeness (QED) is 0.343. The van der Waals surface area contributed by atoms with Crippen LogP contribution in [-0.2, 0) is 11.3 Å². The highest BCUT2D eigenvalue weighted by Crippen LogP contribution is 2.31. The summed E-state index contributed by atoms with van der Waals surface area (Å²) in [5.41, 5.74) is 5.37. The van der Waals surface area contributed by atoms with Crippen LogP contribution in [0.1, 0.15) is 58.6 Å². The van der Waals surface area contributed by atoms with Gasteiger partial charge in [0, 0.05) is 36.6 Å². The molecule has 0 saturated carbocycles. The van der Waals surface area contributed by atoms with Crippen molar-refractivity contribution in [1.82, 2.24) is 14.8 Å². The number of anilines is 2. The van der Waals surface area contributed by atoms with Gasteiger partial charge in [-0.05, 0) is 75.9 Å². The molecule has 0 saturated heterocycles. The van der Waals surface area contributed by atoms with Crippen molar-refractivity contribution in [2.24, 2.45) is 0 Å². The SMILES string of the molecule is CCN(CC)c1ccc(-c2nnc(SC(C)C(=O)Nc3c(C)cccc3C(C)C)n2CC)cc1. The Bertz CT molecular complexity index is 1100. The summed E-state index contributed by atoms with van der Waals surface area (Å²) < 4.78 is 2.08. The van der Waals surface area contributed by atoms with Gasteiger partial charge >= 0.3 is 0 Å². The number of nitrogens with zero attached hydrogens (tertiary/aromatic N) is 4. The Morgan fingerprint density at radius 2 is 1.71 bits per heavy atom. The van der Waals surface area contributed by atoms with Crippen molar-refractivity contribution in [1.29, 1.82) is 0 Å². The second kappa shape index (κ2) is 11.6. The molecular weight excluding hydrogens is 442 g/mol. The van der Waals surface area contributed by atoms with E-state index in [0.717, 1.165) is 53.0 Å². The predicted molar refractivity (Wildman–Crippen MR) is 144 cm³/mol. The van der Waals surface area contributed by atoms with Crippen LogP contribution in [0.4, 0.5) is 11.4 Å². The third kappa shape index (κ3) is 5.63. The zero-order chi connectivity index (χ0) is 24.8. The van der Waals surface area contributed by atoms with Crippen molar-refractivity contribution in [3.8, 4) is 11.4 Å². The Kier molecular flexibility index (Phi) is 8.78. The summed E-state index contributed by atoms with van der Waals surface area (Å²) in [7, 11) is 0. The fraction of sp³-hybridized carbons (Fsp3) is 0.444. The Balaban J connectivity index is 1.78. The Labute approximate surface area is 208 Å². The zero-order valence-corrected chi connectivity index (χ0v) is 22.2. The van der Waals surface area contributed by atoms with Crippen LogP contribution in [0.25, 0.3) is 11.4 Å². The normalized spacial score (nSPS) is 12.1. The Hall–Kier alpha value is -2.80. The van der Waals surface area contributed by atoms with Gasteiger partial charge in [0.25, 0.3) is 0 Å². The summed E-state index contributed by atoms with van der Waals surface area (Å²) in [6, 6.07) is 14.6. The van der Waals surface area contributed by atoms with Gasteiger partial charge in [-0.3, -0.25) is 4.79 Å². The average Bonchev–Trinajstić information content (AvgIpc) is 3.23. The molecule has 7 heteroatoms. The first-order valence-electron chi connectivity index (χ1n) is 12.2. The van der Waals surface area contributed by atoms with E-state index >= 15 is 0 Å². The Morgan fingerprint density at radius 1 is 1.03 bits per heavy atom. The second-order valence-corrected chi connectivity index (χ2v) is 10.0. The van der Waals surface area contributed by atoms with E-state index in [-0.39, 0.29) is 11.2 Å². The lowest BCUT2D eigenvalue weighted by atomic mass is 9.98. The van der Waals surface area contributed by atoms with Gasteiger partial charge in [0.1, 0.15) is 0 Å². The first-order valence-corrected chi connectivity index (χ1v) is 13.0. The lowest BCUT2D eigenvalue weighted by Crippen LogP contribution is -2.24. The van der Waals surface area contributed by atoms with Crippen LogP contribution >= 0.6 is 11.8 Å². The van der Waals surface area contributed by atoms with Crippen LogP contribution in [0.15, 0.2) is 47.6 Å². The van der Waals surface area contributed by atoms with Crippen molar-refractivity contribution in [3.63, 3.8) is 0 Å². The third-order valence-corrected chi connectivity index (χ3v) is 7.19. The Morgan fingerprint density at radius 3 is 2.29 bits per heavy atom. The van der Waals surface area contributed by atoms with Gasteiger partial charge in [0.2, 0.25) is 5.91 Å². The van der Waals surface area contributed by atoms with Gasteiger partial charge in [-0.25, -0.2) is 0 Å². The highest BCUT2D eigenvalue weighted by Gasteiger charge is 2.22. The molecule has 6 nitrogen and oxygen atoms in total. The zero-order valence-electron chi connectivity index (χ0n) is 21.4. The summed E-state index contributed by atoms with van der Waals surface area (Å²) in [6.45, 7) is 17.3. The maximum Gasteiger partial charge on any atom is 0.237 e. The summed E-state index contributed by atoms with van der Waals surface area (Å²) in [4.78, 5) is 15.4. The number of nitrogens with one attached hydrogen (secondary N) is 1. The van der Waals surface area contributed by atoms with Crippen molar-refractivity contribution >= 4 is 29.0 Å².